The molecule has 0 rings (SSSR count). The number of allylic oxidation sites excluding steroid dienone is 3. The Balaban J connectivity index is 0. The van der Waals surface area contributed by atoms with Crippen molar-refractivity contribution in [1.29, 1.82) is 0 Å². The molecule has 2 atom stereocenters. The quantitative estimate of drug-likeness (QED) is 0.316. The van der Waals surface area contributed by atoms with Gasteiger partial charge in [-0.25, -0.2) is 0 Å². The zero-order valence-corrected chi connectivity index (χ0v) is 16.1. The molecule has 0 aromatic rings. The molecule has 0 aromatic carbocycles. The van der Waals surface area contributed by atoms with Crippen molar-refractivity contribution in [2.75, 3.05) is 0 Å². The van der Waals surface area contributed by atoms with E-state index in [1.54, 1.807) is 24.3 Å². The number of carboxylic acids is 1. The van der Waals surface area contributed by atoms with Crippen molar-refractivity contribution >= 4 is 5.97 Å². The average Bonchev–Trinajstić information content (AvgIpc) is 2.41. The van der Waals surface area contributed by atoms with Gasteiger partial charge in [0.25, 0.3) is 0 Å². The van der Waals surface area contributed by atoms with E-state index in [2.05, 4.69) is 23.7 Å². The van der Waals surface area contributed by atoms with E-state index in [1.807, 2.05) is 13.8 Å². The third kappa shape index (κ3) is 18.9. The van der Waals surface area contributed by atoms with E-state index in [4.69, 9.17) is 0 Å². The standard InChI is InChI=1S/C18H24O4.Na/c1-15(2)9-7-12-16(19)10-5-3-4-6-11-17(20)13-8-14-18(21)22;/h3-5,10,15-17,19-20H,8,12-14H2,1-2H3,(H,21,22);/q;+1/p-1/b4-3+,10-5+;/t16-,17-;/m0./s1. The molecule has 0 radical (unpaired) electrons. The first-order chi connectivity index (χ1) is 10.4. The topological polar surface area (TPSA) is 80.6 Å². The average molecular weight is 326 g/mol. The van der Waals surface area contributed by atoms with Gasteiger partial charge in [-0.15, -0.1) is 5.92 Å². The van der Waals surface area contributed by atoms with Crippen LogP contribution >= 0.6 is 0 Å². The summed E-state index contributed by atoms with van der Waals surface area (Å²) < 4.78 is 0. The molecule has 0 saturated heterocycles. The van der Waals surface area contributed by atoms with Crippen LogP contribution in [0.1, 0.15) is 39.5 Å². The van der Waals surface area contributed by atoms with Crippen molar-refractivity contribution in [1.82, 2.24) is 0 Å². The van der Waals surface area contributed by atoms with Crippen molar-refractivity contribution in [3.8, 4) is 23.7 Å². The van der Waals surface area contributed by atoms with Gasteiger partial charge >= 0.3 is 29.6 Å². The second-order valence-electron chi connectivity index (χ2n) is 5.06. The molecule has 0 bridgehead atoms. The van der Waals surface area contributed by atoms with Crippen LogP contribution in [0.25, 0.3) is 0 Å². The number of carboxylic acid groups (broad SMARTS) is 1. The summed E-state index contributed by atoms with van der Waals surface area (Å²) in [5, 5.41) is 29.2. The first-order valence-corrected chi connectivity index (χ1v) is 7.30. The fourth-order valence-electron chi connectivity index (χ4n) is 1.39. The molecule has 0 aliphatic carbocycles. The minimum atomic E-state index is -1.12. The summed E-state index contributed by atoms with van der Waals surface area (Å²) in [5.41, 5.74) is 0. The number of rotatable bonds is 7. The molecule has 5 heteroatoms. The molecule has 0 unspecified atom stereocenters. The van der Waals surface area contributed by atoms with Gasteiger partial charge < -0.3 is 20.1 Å². The zero-order valence-electron chi connectivity index (χ0n) is 14.1. The molecule has 0 amide bonds. The number of hydrogen-bond acceptors (Lipinski definition) is 4. The summed E-state index contributed by atoms with van der Waals surface area (Å²) in [4.78, 5) is 10.2. The van der Waals surface area contributed by atoms with Gasteiger partial charge in [-0.3, -0.25) is 0 Å². The van der Waals surface area contributed by atoms with Crippen molar-refractivity contribution in [3.63, 3.8) is 0 Å². The van der Waals surface area contributed by atoms with Crippen LogP contribution in [0.2, 0.25) is 0 Å². The number of aliphatic hydroxyl groups is 2. The summed E-state index contributed by atoms with van der Waals surface area (Å²) in [5.74, 6) is 10.3. The van der Waals surface area contributed by atoms with Gasteiger partial charge in [0.05, 0.1) is 6.10 Å². The van der Waals surface area contributed by atoms with Gasteiger partial charge in [0.15, 0.2) is 0 Å². The van der Waals surface area contributed by atoms with E-state index >= 15 is 0 Å². The van der Waals surface area contributed by atoms with Crippen LogP contribution in [-0.4, -0.2) is 28.4 Å². The van der Waals surface area contributed by atoms with Crippen LogP contribution in [0.3, 0.4) is 0 Å². The molecule has 0 heterocycles. The van der Waals surface area contributed by atoms with Crippen molar-refractivity contribution in [2.24, 2.45) is 5.92 Å². The second-order valence-corrected chi connectivity index (χ2v) is 5.06. The van der Waals surface area contributed by atoms with E-state index in [1.165, 1.54) is 0 Å². The van der Waals surface area contributed by atoms with Crippen LogP contribution in [-0.2, 0) is 4.79 Å². The zero-order chi connectivity index (χ0) is 16.8. The van der Waals surface area contributed by atoms with Gasteiger partial charge in [-0.2, -0.15) is 0 Å². The molecule has 0 fully saturated rings. The fraction of sp³-hybridized carbons (Fsp3) is 0.500. The van der Waals surface area contributed by atoms with Crippen molar-refractivity contribution in [2.45, 2.75) is 51.7 Å². The van der Waals surface area contributed by atoms with Gasteiger partial charge in [0, 0.05) is 18.3 Å². The molecule has 0 aliphatic rings. The molecule has 23 heavy (non-hydrogen) atoms. The molecule has 0 saturated carbocycles. The number of hydrogen-bond donors (Lipinski definition) is 2. The van der Waals surface area contributed by atoms with Gasteiger partial charge in [-0.05, 0) is 25.3 Å². The second kappa shape index (κ2) is 15.9. The van der Waals surface area contributed by atoms with E-state index in [-0.39, 0.29) is 36.0 Å². The van der Waals surface area contributed by atoms with E-state index in [0.29, 0.717) is 25.2 Å². The molecular weight excluding hydrogens is 303 g/mol. The molecular formula is C18H23NaO4. The largest absolute Gasteiger partial charge is 1.00 e. The first-order valence-electron chi connectivity index (χ1n) is 7.30. The van der Waals surface area contributed by atoms with Crippen LogP contribution in [0.15, 0.2) is 24.3 Å². The smallest absolute Gasteiger partial charge is 0.550 e. The van der Waals surface area contributed by atoms with Crippen LogP contribution < -0.4 is 34.7 Å². The van der Waals surface area contributed by atoms with E-state index < -0.39 is 18.2 Å². The number of aliphatic hydroxyl groups excluding tert-OH is 2. The Hall–Kier alpha value is -1.01. The predicted molar refractivity (Wildman–Crippen MR) is 84.2 cm³/mol. The minimum absolute atomic E-state index is 0. The van der Waals surface area contributed by atoms with Crippen LogP contribution in [0.4, 0.5) is 0 Å². The molecule has 0 aromatic heterocycles. The molecule has 0 aliphatic heterocycles. The van der Waals surface area contributed by atoms with Gasteiger partial charge in [0.2, 0.25) is 0 Å². The maximum atomic E-state index is 10.2. The van der Waals surface area contributed by atoms with Crippen LogP contribution in [0.5, 0.6) is 0 Å². The van der Waals surface area contributed by atoms with Crippen molar-refractivity contribution < 1.29 is 49.7 Å². The summed E-state index contributed by atoms with van der Waals surface area (Å²) in [6.45, 7) is 3.98. The Labute approximate surface area is 161 Å². The summed E-state index contributed by atoms with van der Waals surface area (Å²) in [6, 6.07) is 0. The summed E-state index contributed by atoms with van der Waals surface area (Å²) >= 11 is 0. The first kappa shape index (κ1) is 24.2. The Morgan fingerprint density at radius 2 is 1.91 bits per heavy atom. The van der Waals surface area contributed by atoms with Crippen molar-refractivity contribution in [3.05, 3.63) is 24.3 Å². The van der Waals surface area contributed by atoms with Gasteiger partial charge in [0.1, 0.15) is 6.10 Å². The molecule has 120 valence electrons. The Morgan fingerprint density at radius 3 is 2.52 bits per heavy atom. The summed E-state index contributed by atoms with van der Waals surface area (Å²) in [6.07, 6.45) is 5.99. The third-order valence-electron chi connectivity index (χ3n) is 2.43. The third-order valence-corrected chi connectivity index (χ3v) is 2.43. The minimum Gasteiger partial charge on any atom is -0.550 e. The van der Waals surface area contributed by atoms with Gasteiger partial charge in [-0.1, -0.05) is 49.8 Å². The maximum Gasteiger partial charge on any atom is 1.00 e. The monoisotopic (exact) mass is 326 g/mol. The SMILES string of the molecule is CC(C)C#CC[C@@H](O)/C=C/C=C/C#C[C@H](O)CCCC(=O)[O-].[Na+]. The Bertz CT molecular complexity index is 501. The van der Waals surface area contributed by atoms with Crippen LogP contribution in [0, 0.1) is 29.6 Å². The normalized spacial score (nSPS) is 12.9. The van der Waals surface area contributed by atoms with E-state index in [0.717, 1.165) is 0 Å². The Morgan fingerprint density at radius 1 is 1.22 bits per heavy atom. The fourth-order valence-corrected chi connectivity index (χ4v) is 1.39. The predicted octanol–water partition coefficient (Wildman–Crippen LogP) is -2.20. The van der Waals surface area contributed by atoms with E-state index in [9.17, 15) is 20.1 Å². The molecule has 0 spiro atoms. The maximum absolute atomic E-state index is 10.2. The molecule has 2 N–H and O–H groups in total. The number of carbonyl (C=O) groups excluding carboxylic acids is 1. The number of carbonyl (C=O) groups is 1. The molecule has 4 nitrogen and oxygen atoms in total. The Kier molecular flexibility index (Phi) is 16.7. The summed E-state index contributed by atoms with van der Waals surface area (Å²) in [7, 11) is 0. The number of aliphatic carboxylic acids is 1.